The Morgan fingerprint density at radius 2 is 2.00 bits per heavy atom. The third-order valence-electron chi connectivity index (χ3n) is 5.19. The molecule has 0 amide bonds. The van der Waals surface area contributed by atoms with Crippen LogP contribution < -0.4 is 9.64 Å². The number of rotatable bonds is 4. The Bertz CT molecular complexity index is 934. The van der Waals surface area contributed by atoms with Crippen molar-refractivity contribution in [2.75, 3.05) is 25.1 Å². The lowest BCUT2D eigenvalue weighted by molar-refractivity contribution is 0.416. The number of nitrogens with zero attached hydrogens (tertiary/aromatic N) is 4. The highest BCUT2D eigenvalue weighted by Crippen LogP contribution is 2.38. The second kappa shape index (κ2) is 7.56. The Hall–Kier alpha value is -2.60. The molecular formula is C20H22ClN5O. The Kier molecular flexibility index (Phi) is 4.99. The van der Waals surface area contributed by atoms with Gasteiger partial charge in [-0.25, -0.2) is 15.0 Å². The summed E-state index contributed by atoms with van der Waals surface area (Å²) >= 11 is 6.23. The van der Waals surface area contributed by atoms with Crippen LogP contribution in [0.2, 0.25) is 5.02 Å². The molecule has 2 aromatic heterocycles. The van der Waals surface area contributed by atoms with Crippen LogP contribution in [0.15, 0.2) is 37.1 Å². The average Bonchev–Trinajstić information content (AvgIpc) is 3.14. The summed E-state index contributed by atoms with van der Waals surface area (Å²) in [6.45, 7) is 3.93. The van der Waals surface area contributed by atoms with Crippen LogP contribution in [0, 0.1) is 6.92 Å². The van der Waals surface area contributed by atoms with Crippen LogP contribution in [-0.2, 0) is 0 Å². The molecule has 0 unspecified atom stereocenters. The molecule has 0 bridgehead atoms. The number of hydrogen-bond donors (Lipinski definition) is 1. The van der Waals surface area contributed by atoms with E-state index in [4.69, 9.17) is 16.3 Å². The van der Waals surface area contributed by atoms with Crippen molar-refractivity contribution in [2.45, 2.75) is 25.7 Å². The molecule has 0 atom stereocenters. The topological polar surface area (TPSA) is 66.9 Å². The largest absolute Gasteiger partial charge is 0.496 e. The van der Waals surface area contributed by atoms with E-state index >= 15 is 0 Å². The van der Waals surface area contributed by atoms with Crippen molar-refractivity contribution in [2.24, 2.45) is 0 Å². The summed E-state index contributed by atoms with van der Waals surface area (Å²) < 4.78 is 5.53. The molecule has 0 spiro atoms. The van der Waals surface area contributed by atoms with Gasteiger partial charge < -0.3 is 14.6 Å². The van der Waals surface area contributed by atoms with Crippen LogP contribution in [0.25, 0.3) is 11.1 Å². The number of halogens is 1. The zero-order valence-electron chi connectivity index (χ0n) is 15.4. The van der Waals surface area contributed by atoms with Crippen LogP contribution >= 0.6 is 11.6 Å². The number of aryl methyl sites for hydroxylation is 1. The quantitative estimate of drug-likeness (QED) is 0.730. The molecule has 1 N–H and O–H groups in total. The molecule has 1 fully saturated rings. The summed E-state index contributed by atoms with van der Waals surface area (Å²) in [5.41, 5.74) is 4.20. The maximum absolute atomic E-state index is 6.23. The Morgan fingerprint density at radius 1 is 1.19 bits per heavy atom. The Balaban J connectivity index is 1.61. The minimum Gasteiger partial charge on any atom is -0.496 e. The van der Waals surface area contributed by atoms with Crippen LogP contribution in [0.4, 0.5) is 5.82 Å². The summed E-state index contributed by atoms with van der Waals surface area (Å²) in [5, 5.41) is 0.660. The van der Waals surface area contributed by atoms with Crippen LogP contribution in [0.1, 0.15) is 30.1 Å². The van der Waals surface area contributed by atoms with E-state index in [0.29, 0.717) is 10.9 Å². The van der Waals surface area contributed by atoms with Crippen LogP contribution in [0.3, 0.4) is 0 Å². The molecule has 1 saturated heterocycles. The first kappa shape index (κ1) is 17.8. The highest BCUT2D eigenvalue weighted by Gasteiger charge is 2.26. The molecule has 0 aliphatic carbocycles. The standard InChI is InChI=1S/C20H22ClN5O/c1-13-19(24-12-23-13)14-5-7-26(8-6-14)20-17(10-22-11-25-20)16-9-15(21)3-4-18(16)27-2/h3-4,9-12,14H,5-8H2,1-2H3,(H,23,24). The number of imidazole rings is 1. The fourth-order valence-electron chi connectivity index (χ4n) is 3.80. The fourth-order valence-corrected chi connectivity index (χ4v) is 3.97. The van der Waals surface area contributed by atoms with Gasteiger partial charge in [0.15, 0.2) is 0 Å². The molecule has 0 radical (unpaired) electrons. The maximum Gasteiger partial charge on any atom is 0.140 e. The predicted molar refractivity (Wildman–Crippen MR) is 107 cm³/mol. The molecule has 3 heterocycles. The van der Waals surface area contributed by atoms with E-state index in [1.54, 1.807) is 19.8 Å². The van der Waals surface area contributed by atoms with Crippen molar-refractivity contribution in [1.82, 2.24) is 19.9 Å². The molecule has 1 aliphatic heterocycles. The number of aromatic nitrogens is 4. The van der Waals surface area contributed by atoms with Gasteiger partial charge in [0.1, 0.15) is 17.9 Å². The van der Waals surface area contributed by atoms with Crippen molar-refractivity contribution < 1.29 is 4.74 Å². The summed E-state index contributed by atoms with van der Waals surface area (Å²) in [4.78, 5) is 18.8. The molecule has 140 valence electrons. The number of methoxy groups -OCH3 is 1. The number of H-pyrrole nitrogens is 1. The second-order valence-corrected chi connectivity index (χ2v) is 7.22. The molecular weight excluding hydrogens is 362 g/mol. The minimum atomic E-state index is 0.485. The monoisotopic (exact) mass is 383 g/mol. The van der Waals surface area contributed by atoms with E-state index < -0.39 is 0 Å². The summed E-state index contributed by atoms with van der Waals surface area (Å²) in [5.74, 6) is 2.17. The number of nitrogens with one attached hydrogen (secondary N) is 1. The van der Waals surface area contributed by atoms with E-state index in [-0.39, 0.29) is 0 Å². The molecule has 3 aromatic rings. The van der Waals surface area contributed by atoms with Gasteiger partial charge in [-0.05, 0) is 38.0 Å². The average molecular weight is 384 g/mol. The third kappa shape index (κ3) is 3.49. The molecule has 6 nitrogen and oxygen atoms in total. The van der Waals surface area contributed by atoms with Gasteiger partial charge in [0.25, 0.3) is 0 Å². The maximum atomic E-state index is 6.23. The molecule has 4 rings (SSSR count). The highest BCUT2D eigenvalue weighted by molar-refractivity contribution is 6.31. The molecule has 27 heavy (non-hydrogen) atoms. The zero-order chi connectivity index (χ0) is 18.8. The molecule has 1 aromatic carbocycles. The number of anilines is 1. The van der Waals surface area contributed by atoms with Gasteiger partial charge in [-0.1, -0.05) is 11.6 Å². The minimum absolute atomic E-state index is 0.485. The summed E-state index contributed by atoms with van der Waals surface area (Å²) in [6, 6.07) is 5.61. The van der Waals surface area contributed by atoms with Crippen molar-refractivity contribution in [3.8, 4) is 16.9 Å². The van der Waals surface area contributed by atoms with Gasteiger partial charge in [0.05, 0.1) is 19.1 Å². The van der Waals surface area contributed by atoms with E-state index in [9.17, 15) is 0 Å². The zero-order valence-corrected chi connectivity index (χ0v) is 16.2. The van der Waals surface area contributed by atoms with Gasteiger partial charge in [-0.15, -0.1) is 0 Å². The first-order valence-electron chi connectivity index (χ1n) is 9.06. The van der Waals surface area contributed by atoms with Gasteiger partial charge in [-0.2, -0.15) is 0 Å². The number of aromatic amines is 1. The number of ether oxygens (including phenoxy) is 1. The predicted octanol–water partition coefficient (Wildman–Crippen LogP) is 4.22. The fraction of sp³-hybridized carbons (Fsp3) is 0.350. The number of piperidine rings is 1. The number of benzene rings is 1. The lowest BCUT2D eigenvalue weighted by atomic mass is 9.92. The van der Waals surface area contributed by atoms with Crippen LogP contribution in [-0.4, -0.2) is 40.1 Å². The van der Waals surface area contributed by atoms with Crippen molar-refractivity contribution in [3.63, 3.8) is 0 Å². The highest BCUT2D eigenvalue weighted by atomic mass is 35.5. The summed E-state index contributed by atoms with van der Waals surface area (Å²) in [7, 11) is 1.66. The van der Waals surface area contributed by atoms with Crippen LogP contribution in [0.5, 0.6) is 5.75 Å². The van der Waals surface area contributed by atoms with E-state index in [1.165, 1.54) is 11.4 Å². The van der Waals surface area contributed by atoms with Gasteiger partial charge in [0, 0.05) is 47.0 Å². The smallest absolute Gasteiger partial charge is 0.140 e. The summed E-state index contributed by atoms with van der Waals surface area (Å²) in [6.07, 6.45) is 7.30. The van der Waals surface area contributed by atoms with Gasteiger partial charge >= 0.3 is 0 Å². The lowest BCUT2D eigenvalue weighted by Crippen LogP contribution is -2.34. The number of hydrogen-bond acceptors (Lipinski definition) is 5. The van der Waals surface area contributed by atoms with Gasteiger partial charge in [-0.3, -0.25) is 0 Å². The van der Waals surface area contributed by atoms with Gasteiger partial charge in [0.2, 0.25) is 0 Å². The normalized spacial score (nSPS) is 15.1. The van der Waals surface area contributed by atoms with E-state index in [2.05, 4.69) is 31.8 Å². The third-order valence-corrected chi connectivity index (χ3v) is 5.43. The Labute approximate surface area is 163 Å². The second-order valence-electron chi connectivity index (χ2n) is 6.78. The van der Waals surface area contributed by atoms with E-state index in [1.807, 2.05) is 24.4 Å². The van der Waals surface area contributed by atoms with E-state index in [0.717, 1.165) is 48.6 Å². The Morgan fingerprint density at radius 3 is 2.70 bits per heavy atom. The van der Waals surface area contributed by atoms with Crippen molar-refractivity contribution in [1.29, 1.82) is 0 Å². The SMILES string of the molecule is COc1ccc(Cl)cc1-c1cncnc1N1CCC(c2nc[nH]c2C)CC1. The first-order valence-corrected chi connectivity index (χ1v) is 9.44. The molecule has 7 heteroatoms. The first-order chi connectivity index (χ1) is 13.2. The van der Waals surface area contributed by atoms with Crippen molar-refractivity contribution >= 4 is 17.4 Å². The lowest BCUT2D eigenvalue weighted by Gasteiger charge is -2.33. The molecule has 1 aliphatic rings. The molecule has 0 saturated carbocycles. The van der Waals surface area contributed by atoms with Crippen molar-refractivity contribution in [3.05, 3.63) is 53.5 Å².